The molecule has 2 aromatic rings. The summed E-state index contributed by atoms with van der Waals surface area (Å²) < 4.78 is 28.5. The first kappa shape index (κ1) is 22.7. The lowest BCUT2D eigenvalue weighted by Gasteiger charge is -2.48. The number of carbonyl (C=O) groups is 3. The minimum absolute atomic E-state index is 0.0659. The maximum absolute atomic E-state index is 13.3. The van der Waals surface area contributed by atoms with Gasteiger partial charge in [-0.25, -0.2) is 13.6 Å². The normalized spacial score (nSPS) is 19.8. The zero-order chi connectivity index (χ0) is 24.0. The lowest BCUT2D eigenvalue weighted by molar-refractivity contribution is -0.117. The van der Waals surface area contributed by atoms with Crippen LogP contribution in [-0.2, 0) is 19.6 Å². The van der Waals surface area contributed by atoms with Gasteiger partial charge in [-0.15, -0.1) is 0 Å². The fourth-order valence-corrected chi connectivity index (χ4v) is 4.97. The fraction of sp³-hybridized carbons (Fsp3) is 0.318. The van der Waals surface area contributed by atoms with Crippen LogP contribution in [0.15, 0.2) is 47.4 Å². The van der Waals surface area contributed by atoms with Gasteiger partial charge in [0.15, 0.2) is 0 Å². The second-order valence-corrected chi connectivity index (χ2v) is 9.69. The van der Waals surface area contributed by atoms with E-state index in [2.05, 4.69) is 5.32 Å². The van der Waals surface area contributed by atoms with E-state index in [-0.39, 0.29) is 41.1 Å². The SMILES string of the molecule is COc1ccc(S(N)(=O)=O)cc1NC(=O)CCN1C(=O)c2ccccc2N2C(=O)CCC12C. The number of sulfonamides is 1. The Kier molecular flexibility index (Phi) is 5.62. The lowest BCUT2D eigenvalue weighted by Crippen LogP contribution is -2.62. The Morgan fingerprint density at radius 3 is 2.64 bits per heavy atom. The van der Waals surface area contributed by atoms with Gasteiger partial charge in [-0.1, -0.05) is 12.1 Å². The van der Waals surface area contributed by atoms with Crippen molar-refractivity contribution < 1.29 is 27.5 Å². The Hall–Kier alpha value is -3.44. The molecule has 1 unspecified atom stereocenters. The minimum Gasteiger partial charge on any atom is -0.495 e. The third-order valence-electron chi connectivity index (χ3n) is 6.08. The summed E-state index contributed by atoms with van der Waals surface area (Å²) in [6.07, 6.45) is 0.685. The molecule has 0 bridgehead atoms. The number of ether oxygens (including phenoxy) is 1. The Bertz CT molecular complexity index is 1260. The summed E-state index contributed by atoms with van der Waals surface area (Å²) in [6.45, 7) is 1.89. The first-order valence-corrected chi connectivity index (χ1v) is 11.9. The van der Waals surface area contributed by atoms with Crippen LogP contribution < -0.4 is 20.1 Å². The van der Waals surface area contributed by atoms with Gasteiger partial charge in [-0.2, -0.15) is 0 Å². The zero-order valence-corrected chi connectivity index (χ0v) is 19.0. The molecule has 0 radical (unpaired) electrons. The van der Waals surface area contributed by atoms with E-state index in [0.29, 0.717) is 24.1 Å². The summed E-state index contributed by atoms with van der Waals surface area (Å²) in [4.78, 5) is 41.6. The molecule has 0 aliphatic carbocycles. The van der Waals surface area contributed by atoms with E-state index in [9.17, 15) is 22.8 Å². The first-order valence-electron chi connectivity index (χ1n) is 10.3. The molecule has 0 spiro atoms. The van der Waals surface area contributed by atoms with Crippen LogP contribution in [0.2, 0.25) is 0 Å². The molecule has 174 valence electrons. The van der Waals surface area contributed by atoms with Crippen molar-refractivity contribution in [3.05, 3.63) is 48.0 Å². The molecule has 0 saturated carbocycles. The van der Waals surface area contributed by atoms with Crippen molar-refractivity contribution in [3.63, 3.8) is 0 Å². The van der Waals surface area contributed by atoms with Gasteiger partial charge in [0.2, 0.25) is 21.8 Å². The van der Waals surface area contributed by atoms with Crippen LogP contribution in [0.4, 0.5) is 11.4 Å². The molecule has 3 amide bonds. The lowest BCUT2D eigenvalue weighted by atomic mass is 9.98. The highest BCUT2D eigenvalue weighted by Crippen LogP contribution is 2.44. The maximum atomic E-state index is 13.3. The predicted octanol–water partition coefficient (Wildman–Crippen LogP) is 1.67. The largest absolute Gasteiger partial charge is 0.495 e. The number of primary sulfonamides is 1. The van der Waals surface area contributed by atoms with E-state index in [1.54, 1.807) is 34.1 Å². The molecule has 3 N–H and O–H groups in total. The molecular weight excluding hydrogens is 448 g/mol. The molecule has 1 saturated heterocycles. The number of para-hydroxylation sites is 1. The van der Waals surface area contributed by atoms with Crippen molar-refractivity contribution in [2.75, 3.05) is 23.9 Å². The van der Waals surface area contributed by atoms with Crippen molar-refractivity contribution in [1.82, 2.24) is 4.90 Å². The van der Waals surface area contributed by atoms with Crippen molar-refractivity contribution in [2.45, 2.75) is 36.7 Å². The molecule has 2 aromatic carbocycles. The zero-order valence-electron chi connectivity index (χ0n) is 18.2. The highest BCUT2D eigenvalue weighted by molar-refractivity contribution is 7.89. The molecule has 10 nitrogen and oxygen atoms in total. The van der Waals surface area contributed by atoms with Gasteiger partial charge in [-0.3, -0.25) is 19.3 Å². The van der Waals surface area contributed by atoms with E-state index in [4.69, 9.17) is 9.88 Å². The predicted molar refractivity (Wildman–Crippen MR) is 120 cm³/mol. The molecule has 11 heteroatoms. The highest BCUT2D eigenvalue weighted by atomic mass is 32.2. The summed E-state index contributed by atoms with van der Waals surface area (Å²) in [5.41, 5.74) is 0.271. The topological polar surface area (TPSA) is 139 Å². The van der Waals surface area contributed by atoms with Crippen LogP contribution in [0.1, 0.15) is 36.5 Å². The number of hydrogen-bond donors (Lipinski definition) is 2. The fourth-order valence-electron chi connectivity index (χ4n) is 4.43. The van der Waals surface area contributed by atoms with Gasteiger partial charge in [0.05, 0.1) is 28.9 Å². The molecule has 1 fully saturated rings. The molecule has 33 heavy (non-hydrogen) atoms. The van der Waals surface area contributed by atoms with Gasteiger partial charge >= 0.3 is 0 Å². The number of amides is 3. The van der Waals surface area contributed by atoms with E-state index < -0.39 is 21.6 Å². The number of carbonyl (C=O) groups excluding carboxylic acids is 3. The smallest absolute Gasteiger partial charge is 0.257 e. The number of anilines is 2. The summed E-state index contributed by atoms with van der Waals surface area (Å²) in [5.74, 6) is -0.513. The number of benzene rings is 2. The number of rotatable bonds is 6. The third kappa shape index (κ3) is 3.93. The van der Waals surface area contributed by atoms with E-state index in [1.807, 2.05) is 6.92 Å². The number of hydrogen-bond acceptors (Lipinski definition) is 6. The summed E-state index contributed by atoms with van der Waals surface area (Å²) in [5, 5.41) is 7.80. The van der Waals surface area contributed by atoms with E-state index >= 15 is 0 Å². The van der Waals surface area contributed by atoms with Gasteiger partial charge < -0.3 is 15.0 Å². The monoisotopic (exact) mass is 472 g/mol. The first-order chi connectivity index (χ1) is 15.6. The van der Waals surface area contributed by atoms with Crippen molar-refractivity contribution >= 4 is 39.1 Å². The van der Waals surface area contributed by atoms with Crippen LogP contribution in [0.3, 0.4) is 0 Å². The second kappa shape index (κ2) is 8.16. The number of nitrogens with one attached hydrogen (secondary N) is 1. The van der Waals surface area contributed by atoms with Crippen molar-refractivity contribution in [2.24, 2.45) is 5.14 Å². The van der Waals surface area contributed by atoms with Crippen LogP contribution in [-0.4, -0.2) is 50.4 Å². The Morgan fingerprint density at radius 2 is 1.94 bits per heavy atom. The Balaban J connectivity index is 1.56. The van der Waals surface area contributed by atoms with Crippen LogP contribution in [0, 0.1) is 0 Å². The summed E-state index contributed by atoms with van der Waals surface area (Å²) in [6, 6.07) is 10.8. The molecule has 2 aliphatic rings. The second-order valence-electron chi connectivity index (χ2n) is 8.13. The molecule has 1 atom stereocenters. The van der Waals surface area contributed by atoms with E-state index in [1.165, 1.54) is 25.3 Å². The molecular formula is C22H24N4O6S. The quantitative estimate of drug-likeness (QED) is 0.656. The Labute approximate surface area is 191 Å². The number of nitrogens with zero attached hydrogens (tertiary/aromatic N) is 2. The molecule has 2 heterocycles. The van der Waals surface area contributed by atoms with Gasteiger partial charge in [0, 0.05) is 19.4 Å². The van der Waals surface area contributed by atoms with Crippen LogP contribution >= 0.6 is 0 Å². The number of nitrogens with two attached hydrogens (primary N) is 1. The average molecular weight is 473 g/mol. The van der Waals surface area contributed by atoms with Gasteiger partial charge in [0.25, 0.3) is 5.91 Å². The maximum Gasteiger partial charge on any atom is 0.257 e. The molecule has 2 aliphatic heterocycles. The number of methoxy groups -OCH3 is 1. The van der Waals surface area contributed by atoms with Crippen LogP contribution in [0.25, 0.3) is 0 Å². The summed E-state index contributed by atoms with van der Waals surface area (Å²) >= 11 is 0. The highest BCUT2D eigenvalue weighted by Gasteiger charge is 2.52. The standard InChI is InChI=1S/C22H24N4O6S/c1-22-11-9-20(28)26(22)17-6-4-3-5-15(17)21(29)25(22)12-10-19(27)24-16-13-14(33(23,30)31)7-8-18(16)32-2/h3-8,13H,9-12H2,1-2H3,(H,24,27)(H2,23,30,31). The average Bonchev–Trinajstić information content (AvgIpc) is 3.08. The molecule has 0 aromatic heterocycles. The number of fused-ring (bicyclic) bond motifs is 3. The third-order valence-corrected chi connectivity index (χ3v) is 6.99. The Morgan fingerprint density at radius 1 is 1.21 bits per heavy atom. The van der Waals surface area contributed by atoms with E-state index in [0.717, 1.165) is 0 Å². The van der Waals surface area contributed by atoms with Gasteiger partial charge in [0.1, 0.15) is 11.4 Å². The summed E-state index contributed by atoms with van der Waals surface area (Å²) in [7, 11) is -2.58. The molecule has 4 rings (SSSR count). The van der Waals surface area contributed by atoms with Crippen LogP contribution in [0.5, 0.6) is 5.75 Å². The van der Waals surface area contributed by atoms with Gasteiger partial charge in [-0.05, 0) is 43.7 Å². The minimum atomic E-state index is -3.97. The van der Waals surface area contributed by atoms with Crippen molar-refractivity contribution in [3.8, 4) is 5.75 Å². The van der Waals surface area contributed by atoms with Crippen molar-refractivity contribution in [1.29, 1.82) is 0 Å².